The van der Waals surface area contributed by atoms with Crippen molar-refractivity contribution in [1.29, 1.82) is 0 Å². The van der Waals surface area contributed by atoms with E-state index in [1.807, 2.05) is 38.1 Å². The van der Waals surface area contributed by atoms with E-state index in [1.54, 1.807) is 30.5 Å². The number of nitrogens with one attached hydrogen (secondary N) is 1. The highest BCUT2D eigenvalue weighted by atomic mass is 16.5. The topological polar surface area (TPSA) is 59.9 Å². The first-order valence-corrected chi connectivity index (χ1v) is 8.04. The molecule has 5 nitrogen and oxygen atoms in total. The van der Waals surface area contributed by atoms with E-state index in [2.05, 4.69) is 17.1 Å². The van der Waals surface area contributed by atoms with Crippen molar-refractivity contribution in [3.63, 3.8) is 0 Å². The summed E-state index contributed by atoms with van der Waals surface area (Å²) in [5.41, 5.74) is 4.96. The Hall–Kier alpha value is -3.08. The zero-order valence-corrected chi connectivity index (χ0v) is 14.5. The number of amides is 1. The molecule has 0 bridgehead atoms. The zero-order chi connectivity index (χ0) is 18.1. The maximum absolute atomic E-state index is 12.0. The fourth-order valence-electron chi connectivity index (χ4n) is 2.08. The third kappa shape index (κ3) is 5.49. The van der Waals surface area contributed by atoms with E-state index in [0.29, 0.717) is 30.3 Å². The molecule has 0 unspecified atom stereocenters. The summed E-state index contributed by atoms with van der Waals surface area (Å²) in [5.74, 6) is 1.01. The molecule has 1 amide bonds. The Balaban J connectivity index is 2.04. The highest BCUT2D eigenvalue weighted by molar-refractivity contribution is 5.94. The molecule has 130 valence electrons. The van der Waals surface area contributed by atoms with E-state index in [0.717, 1.165) is 11.1 Å². The van der Waals surface area contributed by atoms with Crippen LogP contribution in [-0.2, 0) is 0 Å². The third-order valence-corrected chi connectivity index (χ3v) is 3.32. The van der Waals surface area contributed by atoms with Gasteiger partial charge in [0, 0.05) is 5.56 Å². The second-order valence-electron chi connectivity index (χ2n) is 5.30. The van der Waals surface area contributed by atoms with Crippen molar-refractivity contribution >= 4 is 12.1 Å². The molecule has 5 heteroatoms. The summed E-state index contributed by atoms with van der Waals surface area (Å²) in [7, 11) is 0. The Kier molecular flexibility index (Phi) is 6.77. The molecule has 2 rings (SSSR count). The monoisotopic (exact) mass is 338 g/mol. The van der Waals surface area contributed by atoms with Crippen LogP contribution < -0.4 is 14.9 Å². The third-order valence-electron chi connectivity index (χ3n) is 3.32. The van der Waals surface area contributed by atoms with Crippen LogP contribution in [0.4, 0.5) is 0 Å². The lowest BCUT2D eigenvalue weighted by atomic mass is 10.1. The van der Waals surface area contributed by atoms with Gasteiger partial charge in [-0.15, -0.1) is 0 Å². The first kappa shape index (κ1) is 18.3. The van der Waals surface area contributed by atoms with Crippen molar-refractivity contribution in [1.82, 2.24) is 5.43 Å². The lowest BCUT2D eigenvalue weighted by Gasteiger charge is -2.11. The van der Waals surface area contributed by atoms with Crippen molar-refractivity contribution in [2.75, 3.05) is 13.2 Å². The lowest BCUT2D eigenvalue weighted by Crippen LogP contribution is -2.17. The number of carbonyl (C=O) groups is 1. The van der Waals surface area contributed by atoms with Gasteiger partial charge in [-0.2, -0.15) is 5.10 Å². The van der Waals surface area contributed by atoms with E-state index in [1.165, 1.54) is 0 Å². The summed E-state index contributed by atoms with van der Waals surface area (Å²) >= 11 is 0. The van der Waals surface area contributed by atoms with E-state index in [-0.39, 0.29) is 5.91 Å². The maximum Gasteiger partial charge on any atom is 0.271 e. The molecule has 0 heterocycles. The van der Waals surface area contributed by atoms with E-state index in [4.69, 9.17) is 9.47 Å². The number of hydrazone groups is 1. The fourth-order valence-corrected chi connectivity index (χ4v) is 2.08. The summed E-state index contributed by atoms with van der Waals surface area (Å²) in [6, 6.07) is 12.7. The molecule has 2 aromatic rings. The summed E-state index contributed by atoms with van der Waals surface area (Å²) in [6.07, 6.45) is 3.23. The summed E-state index contributed by atoms with van der Waals surface area (Å²) in [5, 5.41) is 4.00. The predicted molar refractivity (Wildman–Crippen MR) is 99.5 cm³/mol. The molecule has 0 aliphatic rings. The normalized spacial score (nSPS) is 10.5. The Morgan fingerprint density at radius 1 is 1.16 bits per heavy atom. The van der Waals surface area contributed by atoms with Crippen LogP contribution in [0.5, 0.6) is 11.5 Å². The number of hydrogen-bond donors (Lipinski definition) is 1. The lowest BCUT2D eigenvalue weighted by molar-refractivity contribution is 0.0955. The largest absolute Gasteiger partial charge is 0.490 e. The minimum atomic E-state index is -0.257. The second-order valence-corrected chi connectivity index (χ2v) is 5.30. The summed E-state index contributed by atoms with van der Waals surface area (Å²) < 4.78 is 11.1. The van der Waals surface area contributed by atoms with Gasteiger partial charge in [-0.05, 0) is 49.7 Å². The standard InChI is InChI=1S/C20H22N2O3/c1-4-12-25-18-11-8-16(13-19(18)24-5-2)14-21-22-20(23)17-9-6-15(3)7-10-17/h4,6-11,13-14H,1,5,12H2,2-3H3,(H,22,23)/b21-14-. The molecule has 1 N–H and O–H groups in total. The molecule has 0 spiro atoms. The predicted octanol–water partition coefficient (Wildman–Crippen LogP) is 3.72. The molecule has 0 fully saturated rings. The Bertz CT molecular complexity index is 752. The van der Waals surface area contributed by atoms with Gasteiger partial charge in [0.25, 0.3) is 5.91 Å². The van der Waals surface area contributed by atoms with Gasteiger partial charge in [-0.3, -0.25) is 4.79 Å². The SMILES string of the molecule is C=CCOc1ccc(/C=N\NC(=O)c2ccc(C)cc2)cc1OCC. The molecule has 0 saturated heterocycles. The molecule has 0 radical (unpaired) electrons. The van der Waals surface area contributed by atoms with Gasteiger partial charge in [-0.25, -0.2) is 5.43 Å². The average molecular weight is 338 g/mol. The fraction of sp³-hybridized carbons (Fsp3) is 0.200. The van der Waals surface area contributed by atoms with Crippen molar-refractivity contribution in [2.24, 2.45) is 5.10 Å². The van der Waals surface area contributed by atoms with Crippen LogP contribution in [0.2, 0.25) is 0 Å². The highest BCUT2D eigenvalue weighted by Crippen LogP contribution is 2.28. The number of ether oxygens (including phenoxy) is 2. The van der Waals surface area contributed by atoms with Crippen molar-refractivity contribution in [3.8, 4) is 11.5 Å². The molecule has 0 aliphatic heterocycles. The Morgan fingerprint density at radius 3 is 2.60 bits per heavy atom. The van der Waals surface area contributed by atoms with Crippen LogP contribution in [0.25, 0.3) is 0 Å². The number of hydrogen-bond acceptors (Lipinski definition) is 4. The maximum atomic E-state index is 12.0. The molecular formula is C20H22N2O3. The van der Waals surface area contributed by atoms with Crippen LogP contribution in [0.3, 0.4) is 0 Å². The van der Waals surface area contributed by atoms with E-state index in [9.17, 15) is 4.79 Å². The zero-order valence-electron chi connectivity index (χ0n) is 14.5. The number of carbonyl (C=O) groups excluding carboxylic acids is 1. The Labute approximate surface area is 148 Å². The van der Waals surface area contributed by atoms with E-state index < -0.39 is 0 Å². The first-order valence-electron chi connectivity index (χ1n) is 8.04. The van der Waals surface area contributed by atoms with Gasteiger partial charge in [0.15, 0.2) is 11.5 Å². The van der Waals surface area contributed by atoms with Gasteiger partial charge in [0.05, 0.1) is 12.8 Å². The summed E-state index contributed by atoms with van der Waals surface area (Å²) in [6.45, 7) is 8.43. The number of aryl methyl sites for hydroxylation is 1. The molecule has 0 aliphatic carbocycles. The van der Waals surface area contributed by atoms with Gasteiger partial charge < -0.3 is 9.47 Å². The highest BCUT2D eigenvalue weighted by Gasteiger charge is 2.06. The molecule has 2 aromatic carbocycles. The van der Waals surface area contributed by atoms with Crippen molar-refractivity contribution in [3.05, 3.63) is 71.8 Å². The number of benzene rings is 2. The second kappa shape index (κ2) is 9.27. The minimum Gasteiger partial charge on any atom is -0.490 e. The number of rotatable bonds is 8. The van der Waals surface area contributed by atoms with Gasteiger partial charge in [0.1, 0.15) is 6.61 Å². The van der Waals surface area contributed by atoms with E-state index >= 15 is 0 Å². The summed E-state index contributed by atoms with van der Waals surface area (Å²) in [4.78, 5) is 12.0. The quantitative estimate of drug-likeness (QED) is 0.453. The molecule has 0 saturated carbocycles. The number of nitrogens with zero attached hydrogens (tertiary/aromatic N) is 1. The molecule has 25 heavy (non-hydrogen) atoms. The molecular weight excluding hydrogens is 316 g/mol. The van der Waals surface area contributed by atoms with Crippen LogP contribution in [0, 0.1) is 6.92 Å². The van der Waals surface area contributed by atoms with Crippen molar-refractivity contribution < 1.29 is 14.3 Å². The van der Waals surface area contributed by atoms with Gasteiger partial charge in [-0.1, -0.05) is 30.4 Å². The van der Waals surface area contributed by atoms with Crippen LogP contribution >= 0.6 is 0 Å². The van der Waals surface area contributed by atoms with Gasteiger partial charge in [0.2, 0.25) is 0 Å². The van der Waals surface area contributed by atoms with Crippen LogP contribution in [0.15, 0.2) is 60.2 Å². The van der Waals surface area contributed by atoms with Gasteiger partial charge >= 0.3 is 0 Å². The first-order chi connectivity index (χ1) is 12.1. The van der Waals surface area contributed by atoms with Crippen LogP contribution in [-0.4, -0.2) is 25.3 Å². The minimum absolute atomic E-state index is 0.257. The molecule has 0 aromatic heterocycles. The van der Waals surface area contributed by atoms with Crippen LogP contribution in [0.1, 0.15) is 28.4 Å². The smallest absolute Gasteiger partial charge is 0.271 e. The average Bonchev–Trinajstić information content (AvgIpc) is 2.62. The van der Waals surface area contributed by atoms with Crippen molar-refractivity contribution in [2.45, 2.75) is 13.8 Å². The molecule has 0 atom stereocenters. The Morgan fingerprint density at radius 2 is 1.92 bits per heavy atom.